The maximum atomic E-state index is 15.5. The number of hydrogen-bond acceptors (Lipinski definition) is 3. The van der Waals surface area contributed by atoms with Gasteiger partial charge in [-0.3, -0.25) is 9.29 Å². The molecule has 0 radical (unpaired) electrons. The van der Waals surface area contributed by atoms with E-state index in [-0.39, 0.29) is 23.7 Å². The minimum Gasteiger partial charge on any atom is -0.357 e. The number of aromatic amines is 1. The fourth-order valence-electron chi connectivity index (χ4n) is 4.91. The first-order valence-corrected chi connectivity index (χ1v) is 11.5. The fraction of sp³-hybridized carbons (Fsp3) is 0.440. The molecule has 4 rings (SSSR count). The Labute approximate surface area is 195 Å². The van der Waals surface area contributed by atoms with Crippen LogP contribution in [0.1, 0.15) is 47.8 Å². The average molecular weight is 481 g/mol. The van der Waals surface area contributed by atoms with Crippen LogP contribution in [0.25, 0.3) is 10.9 Å². The highest BCUT2D eigenvalue weighted by Gasteiger charge is 2.39. The summed E-state index contributed by atoms with van der Waals surface area (Å²) >= 11 is 0. The van der Waals surface area contributed by atoms with Crippen LogP contribution in [0.15, 0.2) is 36.4 Å². The Morgan fingerprint density at radius 2 is 1.88 bits per heavy atom. The van der Waals surface area contributed by atoms with E-state index in [2.05, 4.69) is 10.3 Å². The van der Waals surface area contributed by atoms with E-state index >= 15 is 8.78 Å². The Morgan fingerprint density at radius 1 is 1.18 bits per heavy atom. The molecule has 0 saturated heterocycles. The molecule has 0 saturated carbocycles. The highest BCUT2D eigenvalue weighted by atomic mass is 19.3. The Balaban J connectivity index is 1.76. The van der Waals surface area contributed by atoms with Gasteiger partial charge in [0.05, 0.1) is 19.3 Å². The van der Waals surface area contributed by atoms with Crippen molar-refractivity contribution in [3.05, 3.63) is 70.4 Å². The Hall–Kier alpha value is -2.49. The van der Waals surface area contributed by atoms with Crippen LogP contribution in [-0.2, 0) is 6.42 Å². The van der Waals surface area contributed by atoms with E-state index < -0.39 is 43.4 Å². The minimum atomic E-state index is -2.66. The summed E-state index contributed by atoms with van der Waals surface area (Å²) in [5, 5.41) is 3.88. The molecule has 0 amide bonds. The van der Waals surface area contributed by atoms with Crippen molar-refractivity contribution in [2.24, 2.45) is 5.73 Å². The molecule has 0 spiro atoms. The molecule has 3 atom stereocenters. The molecule has 4 N–H and O–H groups in total. The van der Waals surface area contributed by atoms with Crippen molar-refractivity contribution in [1.29, 1.82) is 0 Å². The summed E-state index contributed by atoms with van der Waals surface area (Å²) < 4.78 is 70.3. The molecule has 0 bridgehead atoms. The van der Waals surface area contributed by atoms with Gasteiger partial charge in [0.25, 0.3) is 6.43 Å². The predicted octanol–water partition coefficient (Wildman–Crippen LogP) is 5.00. The molecule has 1 unspecified atom stereocenters. The number of benzene rings is 2. The van der Waals surface area contributed by atoms with E-state index in [1.807, 2.05) is 24.3 Å². The van der Waals surface area contributed by atoms with Crippen LogP contribution in [-0.4, -0.2) is 48.7 Å². The van der Waals surface area contributed by atoms with Crippen LogP contribution in [0.4, 0.5) is 22.0 Å². The summed E-state index contributed by atoms with van der Waals surface area (Å²) in [6, 6.07) is 7.74. The van der Waals surface area contributed by atoms with Gasteiger partial charge in [0.2, 0.25) is 0 Å². The fourth-order valence-corrected chi connectivity index (χ4v) is 4.91. The zero-order chi connectivity index (χ0) is 24.4. The standard InChI is InChI=1S/C25H29F5N4/c1-14-9-17-16-5-2-3-6-21(16)33-24(17)25(34(14)13-22(29)30)23-18(27)10-15(11-19(23)28)20(31)12-32-8-4-7-26/h2-3,5-6,10-11,14,20,22,25,32-33H,4,7-9,12-13,31H2,1H3/t14-,20?,25-/m1/s1. The lowest BCUT2D eigenvalue weighted by Crippen LogP contribution is -2.45. The van der Waals surface area contributed by atoms with Gasteiger partial charge in [-0.05, 0) is 55.6 Å². The molecule has 0 fully saturated rings. The van der Waals surface area contributed by atoms with Crippen molar-refractivity contribution in [3.8, 4) is 0 Å². The molecule has 1 aliphatic rings. The lowest BCUT2D eigenvalue weighted by molar-refractivity contribution is 0.0437. The normalized spacial score (nSPS) is 19.6. The average Bonchev–Trinajstić information content (AvgIpc) is 3.15. The van der Waals surface area contributed by atoms with Crippen molar-refractivity contribution in [2.75, 3.05) is 26.3 Å². The Kier molecular flexibility index (Phi) is 7.54. The number of para-hydroxylation sites is 1. The van der Waals surface area contributed by atoms with Gasteiger partial charge in [-0.1, -0.05) is 18.2 Å². The molecule has 184 valence electrons. The van der Waals surface area contributed by atoms with E-state index in [1.165, 1.54) is 17.0 Å². The number of nitrogens with two attached hydrogens (primary N) is 1. The summed E-state index contributed by atoms with van der Waals surface area (Å²) in [6.45, 7) is 1.34. The summed E-state index contributed by atoms with van der Waals surface area (Å²) in [5.41, 5.74) is 8.26. The third kappa shape index (κ3) is 4.82. The molecule has 9 heteroatoms. The van der Waals surface area contributed by atoms with E-state index in [0.29, 0.717) is 25.1 Å². The van der Waals surface area contributed by atoms with Crippen molar-refractivity contribution < 1.29 is 22.0 Å². The largest absolute Gasteiger partial charge is 0.357 e. The van der Waals surface area contributed by atoms with Gasteiger partial charge in [0, 0.05) is 40.8 Å². The van der Waals surface area contributed by atoms with Crippen molar-refractivity contribution in [1.82, 2.24) is 15.2 Å². The topological polar surface area (TPSA) is 57.1 Å². The number of nitrogens with zero attached hydrogens (tertiary/aromatic N) is 1. The van der Waals surface area contributed by atoms with Crippen LogP contribution in [0.3, 0.4) is 0 Å². The maximum absolute atomic E-state index is 15.5. The van der Waals surface area contributed by atoms with Crippen LogP contribution in [0.5, 0.6) is 0 Å². The van der Waals surface area contributed by atoms with Gasteiger partial charge >= 0.3 is 0 Å². The van der Waals surface area contributed by atoms with E-state index in [9.17, 15) is 13.2 Å². The summed E-state index contributed by atoms with van der Waals surface area (Å²) in [5.74, 6) is -1.67. The van der Waals surface area contributed by atoms with Crippen LogP contribution < -0.4 is 11.1 Å². The van der Waals surface area contributed by atoms with Gasteiger partial charge in [-0.25, -0.2) is 17.6 Å². The first kappa shape index (κ1) is 24.6. The molecule has 1 aromatic heterocycles. The van der Waals surface area contributed by atoms with Gasteiger partial charge in [0.1, 0.15) is 11.6 Å². The first-order chi connectivity index (χ1) is 16.3. The summed E-state index contributed by atoms with van der Waals surface area (Å²) in [4.78, 5) is 4.70. The number of hydrogen-bond donors (Lipinski definition) is 3. The second-order valence-electron chi connectivity index (χ2n) is 8.86. The van der Waals surface area contributed by atoms with Gasteiger partial charge in [-0.15, -0.1) is 0 Å². The number of aromatic nitrogens is 1. The molecule has 2 heterocycles. The number of fused-ring (bicyclic) bond motifs is 3. The monoisotopic (exact) mass is 480 g/mol. The highest BCUT2D eigenvalue weighted by Crippen LogP contribution is 2.42. The van der Waals surface area contributed by atoms with Gasteiger partial charge in [-0.2, -0.15) is 0 Å². The minimum absolute atomic E-state index is 0.225. The maximum Gasteiger partial charge on any atom is 0.251 e. The predicted molar refractivity (Wildman–Crippen MR) is 123 cm³/mol. The van der Waals surface area contributed by atoms with Crippen molar-refractivity contribution in [3.63, 3.8) is 0 Å². The number of alkyl halides is 3. The second kappa shape index (κ2) is 10.4. The smallest absolute Gasteiger partial charge is 0.251 e. The second-order valence-corrected chi connectivity index (χ2v) is 8.86. The number of nitrogens with one attached hydrogen (secondary N) is 2. The van der Waals surface area contributed by atoms with Gasteiger partial charge in [0.15, 0.2) is 0 Å². The molecule has 34 heavy (non-hydrogen) atoms. The molecular formula is C25H29F5N4. The third-order valence-corrected chi connectivity index (χ3v) is 6.52. The molecular weight excluding hydrogens is 451 g/mol. The first-order valence-electron chi connectivity index (χ1n) is 11.5. The third-order valence-electron chi connectivity index (χ3n) is 6.52. The van der Waals surface area contributed by atoms with E-state index in [1.54, 1.807) is 6.92 Å². The summed E-state index contributed by atoms with van der Waals surface area (Å²) in [6.07, 6.45) is -1.86. The van der Waals surface area contributed by atoms with Gasteiger partial charge < -0.3 is 16.0 Å². The van der Waals surface area contributed by atoms with Crippen LogP contribution >= 0.6 is 0 Å². The van der Waals surface area contributed by atoms with E-state index in [0.717, 1.165) is 16.5 Å². The molecule has 2 aromatic carbocycles. The molecule has 0 aliphatic carbocycles. The lowest BCUT2D eigenvalue weighted by atomic mass is 9.87. The Bertz CT molecular complexity index is 1110. The van der Waals surface area contributed by atoms with E-state index in [4.69, 9.17) is 5.73 Å². The SMILES string of the molecule is C[C@@H]1Cc2c([nH]c3ccccc23)[C@@H](c2c(F)cc(C(N)CNCCCF)cc2F)N1CC(F)F. The van der Waals surface area contributed by atoms with Crippen LogP contribution in [0, 0.1) is 11.6 Å². The zero-order valence-corrected chi connectivity index (χ0v) is 18.9. The molecule has 3 aromatic rings. The molecule has 4 nitrogen and oxygen atoms in total. The van der Waals surface area contributed by atoms with Crippen molar-refractivity contribution in [2.45, 2.75) is 44.3 Å². The zero-order valence-electron chi connectivity index (χ0n) is 18.9. The summed E-state index contributed by atoms with van der Waals surface area (Å²) in [7, 11) is 0. The number of H-pyrrole nitrogens is 1. The number of rotatable bonds is 9. The quantitative estimate of drug-likeness (QED) is 0.299. The number of halogens is 5. The lowest BCUT2D eigenvalue weighted by Gasteiger charge is -2.41. The van der Waals surface area contributed by atoms with Crippen LogP contribution in [0.2, 0.25) is 0 Å². The highest BCUT2D eigenvalue weighted by molar-refractivity contribution is 5.85. The van der Waals surface area contributed by atoms with Crippen molar-refractivity contribution >= 4 is 10.9 Å². The molecule has 1 aliphatic heterocycles. The Morgan fingerprint density at radius 3 is 2.56 bits per heavy atom.